The van der Waals surface area contributed by atoms with Crippen LogP contribution in [0.25, 0.3) is 0 Å². The number of nitrogens with zero attached hydrogens (tertiary/aromatic N) is 3. The van der Waals surface area contributed by atoms with Crippen molar-refractivity contribution >= 4 is 11.9 Å². The van der Waals surface area contributed by atoms with E-state index in [1.807, 2.05) is 47.4 Å². The van der Waals surface area contributed by atoms with E-state index in [0.717, 1.165) is 17.5 Å². The second kappa shape index (κ2) is 7.43. The van der Waals surface area contributed by atoms with E-state index >= 15 is 0 Å². The van der Waals surface area contributed by atoms with Crippen molar-refractivity contribution in [2.24, 2.45) is 7.05 Å². The first kappa shape index (κ1) is 18.7. The van der Waals surface area contributed by atoms with Gasteiger partial charge in [0, 0.05) is 13.6 Å². The van der Waals surface area contributed by atoms with Crippen LogP contribution in [0.4, 0.5) is 5.95 Å². The lowest BCUT2D eigenvalue weighted by Crippen LogP contribution is -2.40. The van der Waals surface area contributed by atoms with Crippen molar-refractivity contribution in [2.45, 2.75) is 12.5 Å². The van der Waals surface area contributed by atoms with Gasteiger partial charge in [-0.3, -0.25) is 9.36 Å². The molecular formula is C22H21N3O4. The Hall–Kier alpha value is -3.61. The molecular weight excluding hydrogens is 370 g/mol. The number of benzene rings is 2. The molecule has 1 aromatic heterocycles. The lowest BCUT2D eigenvalue weighted by Gasteiger charge is -2.39. The summed E-state index contributed by atoms with van der Waals surface area (Å²) in [6, 6.07) is 17.9. The molecule has 148 valence electrons. The Balaban J connectivity index is 1.95. The van der Waals surface area contributed by atoms with Gasteiger partial charge in [-0.2, -0.15) is 0 Å². The number of hydrogen-bond donors (Lipinski definition) is 1. The molecule has 1 aliphatic heterocycles. The number of aromatic carboxylic acids is 1. The normalized spacial score (nSPS) is 15.7. The van der Waals surface area contributed by atoms with E-state index in [4.69, 9.17) is 4.74 Å². The Morgan fingerprint density at radius 1 is 1.14 bits per heavy atom. The largest absolute Gasteiger partial charge is 0.489 e. The molecule has 0 fully saturated rings. The molecule has 0 amide bonds. The van der Waals surface area contributed by atoms with E-state index < -0.39 is 11.5 Å². The number of carboxylic acid groups (broad SMARTS) is 1. The van der Waals surface area contributed by atoms with Gasteiger partial charge < -0.3 is 14.7 Å². The fourth-order valence-corrected chi connectivity index (χ4v) is 3.93. The highest BCUT2D eigenvalue weighted by molar-refractivity contribution is 5.88. The number of aromatic nitrogens is 2. The van der Waals surface area contributed by atoms with Gasteiger partial charge in [-0.15, -0.1) is 0 Å². The highest BCUT2D eigenvalue weighted by atomic mass is 16.5. The summed E-state index contributed by atoms with van der Waals surface area (Å²) in [5, 5.41) is 9.57. The summed E-state index contributed by atoms with van der Waals surface area (Å²) in [5.41, 5.74) is 2.49. The first-order valence-electron chi connectivity index (χ1n) is 9.30. The SMILES string of the molecule is COc1c(C(=O)O)nc(N2CCc3ccccc3C2c2ccccc2)n(C)c1=O. The summed E-state index contributed by atoms with van der Waals surface area (Å²) in [7, 11) is 2.86. The van der Waals surface area contributed by atoms with Crippen molar-refractivity contribution in [2.75, 3.05) is 18.6 Å². The summed E-state index contributed by atoms with van der Waals surface area (Å²) in [6.45, 7) is 0.599. The summed E-state index contributed by atoms with van der Waals surface area (Å²) in [6.07, 6.45) is 0.768. The van der Waals surface area contributed by atoms with Crippen molar-refractivity contribution in [3.05, 3.63) is 87.3 Å². The Morgan fingerprint density at radius 3 is 2.52 bits per heavy atom. The quantitative estimate of drug-likeness (QED) is 0.736. The van der Waals surface area contributed by atoms with Crippen molar-refractivity contribution in [1.29, 1.82) is 0 Å². The summed E-state index contributed by atoms with van der Waals surface area (Å²) < 4.78 is 6.39. The molecule has 1 N–H and O–H groups in total. The van der Waals surface area contributed by atoms with Gasteiger partial charge in [0.1, 0.15) is 0 Å². The Kier molecular flexibility index (Phi) is 4.80. The lowest BCUT2D eigenvalue weighted by atomic mass is 9.88. The molecule has 0 bridgehead atoms. The number of methoxy groups -OCH3 is 1. The van der Waals surface area contributed by atoms with Gasteiger partial charge in [-0.25, -0.2) is 9.78 Å². The minimum absolute atomic E-state index is 0.186. The van der Waals surface area contributed by atoms with Gasteiger partial charge >= 0.3 is 5.97 Å². The molecule has 0 spiro atoms. The standard InChI is InChI=1S/C22H21N3O4/c1-24-20(26)19(29-2)17(21(27)28)23-22(24)25-13-12-14-8-6-7-11-16(14)18(25)15-9-4-3-5-10-15/h3-11,18H,12-13H2,1-2H3,(H,27,28). The Bertz CT molecular complexity index is 1120. The van der Waals surface area contributed by atoms with Gasteiger partial charge in [0.15, 0.2) is 5.69 Å². The first-order chi connectivity index (χ1) is 14.0. The first-order valence-corrected chi connectivity index (χ1v) is 9.30. The molecule has 4 rings (SSSR count). The van der Waals surface area contributed by atoms with E-state index in [2.05, 4.69) is 17.1 Å². The predicted molar refractivity (Wildman–Crippen MR) is 109 cm³/mol. The third-order valence-electron chi connectivity index (χ3n) is 5.29. The van der Waals surface area contributed by atoms with E-state index in [1.165, 1.54) is 17.2 Å². The smallest absolute Gasteiger partial charge is 0.358 e. The zero-order valence-corrected chi connectivity index (χ0v) is 16.2. The van der Waals surface area contributed by atoms with Gasteiger partial charge in [0.05, 0.1) is 13.2 Å². The van der Waals surface area contributed by atoms with Crippen LogP contribution in [0.5, 0.6) is 5.75 Å². The fraction of sp³-hybridized carbons (Fsp3) is 0.227. The average Bonchev–Trinajstić information content (AvgIpc) is 2.75. The number of ether oxygens (including phenoxy) is 1. The van der Waals surface area contributed by atoms with Gasteiger partial charge in [0.2, 0.25) is 11.7 Å². The van der Waals surface area contributed by atoms with E-state index in [1.54, 1.807) is 7.05 Å². The van der Waals surface area contributed by atoms with Crippen LogP contribution in [0.3, 0.4) is 0 Å². The van der Waals surface area contributed by atoms with Crippen LogP contribution in [-0.2, 0) is 13.5 Å². The van der Waals surface area contributed by atoms with Crippen LogP contribution < -0.4 is 15.2 Å². The van der Waals surface area contributed by atoms with E-state index in [9.17, 15) is 14.7 Å². The van der Waals surface area contributed by atoms with Gasteiger partial charge in [0.25, 0.3) is 5.56 Å². The molecule has 2 heterocycles. The van der Waals surface area contributed by atoms with Crippen LogP contribution in [0, 0.1) is 0 Å². The highest BCUT2D eigenvalue weighted by Crippen LogP contribution is 2.37. The molecule has 7 nitrogen and oxygen atoms in total. The fourth-order valence-electron chi connectivity index (χ4n) is 3.93. The van der Waals surface area contributed by atoms with Gasteiger partial charge in [-0.05, 0) is 23.1 Å². The topological polar surface area (TPSA) is 84.7 Å². The molecule has 1 aliphatic rings. The predicted octanol–water partition coefficient (Wildman–Crippen LogP) is 2.64. The van der Waals surface area contributed by atoms with E-state index in [0.29, 0.717) is 12.5 Å². The lowest BCUT2D eigenvalue weighted by molar-refractivity contribution is 0.0685. The van der Waals surface area contributed by atoms with Crippen molar-refractivity contribution in [1.82, 2.24) is 9.55 Å². The Labute approximate surface area is 167 Å². The molecule has 29 heavy (non-hydrogen) atoms. The average molecular weight is 391 g/mol. The third kappa shape index (κ3) is 3.14. The molecule has 0 aliphatic carbocycles. The highest BCUT2D eigenvalue weighted by Gasteiger charge is 2.32. The van der Waals surface area contributed by atoms with Crippen LogP contribution >= 0.6 is 0 Å². The van der Waals surface area contributed by atoms with Crippen molar-refractivity contribution in [3.8, 4) is 5.75 Å². The van der Waals surface area contributed by atoms with E-state index in [-0.39, 0.29) is 17.5 Å². The second-order valence-electron chi connectivity index (χ2n) is 6.92. The number of fused-ring (bicyclic) bond motifs is 1. The Morgan fingerprint density at radius 2 is 1.83 bits per heavy atom. The minimum Gasteiger partial charge on any atom is -0.489 e. The third-order valence-corrected chi connectivity index (χ3v) is 5.29. The molecule has 1 unspecified atom stereocenters. The molecule has 2 aromatic carbocycles. The number of anilines is 1. The molecule has 7 heteroatoms. The number of rotatable bonds is 4. The van der Waals surface area contributed by atoms with Crippen LogP contribution in [0.2, 0.25) is 0 Å². The maximum Gasteiger partial charge on any atom is 0.358 e. The zero-order valence-electron chi connectivity index (χ0n) is 16.2. The minimum atomic E-state index is -1.30. The summed E-state index contributed by atoms with van der Waals surface area (Å²) in [4.78, 5) is 30.8. The summed E-state index contributed by atoms with van der Waals surface area (Å²) in [5.74, 6) is -1.26. The number of hydrogen-bond acceptors (Lipinski definition) is 5. The maximum atomic E-state index is 12.8. The molecule has 0 radical (unpaired) electrons. The second-order valence-corrected chi connectivity index (χ2v) is 6.92. The van der Waals surface area contributed by atoms with Gasteiger partial charge in [-0.1, -0.05) is 54.6 Å². The number of carboxylic acids is 1. The molecule has 0 saturated carbocycles. The maximum absolute atomic E-state index is 12.8. The number of carbonyl (C=O) groups is 1. The van der Waals surface area contributed by atoms with Crippen molar-refractivity contribution < 1.29 is 14.6 Å². The molecule has 0 saturated heterocycles. The van der Waals surface area contributed by atoms with Crippen LogP contribution in [0.1, 0.15) is 33.2 Å². The molecule has 1 atom stereocenters. The summed E-state index contributed by atoms with van der Waals surface area (Å²) >= 11 is 0. The van der Waals surface area contributed by atoms with Crippen LogP contribution in [-0.4, -0.2) is 34.3 Å². The van der Waals surface area contributed by atoms with Crippen LogP contribution in [0.15, 0.2) is 59.4 Å². The van der Waals surface area contributed by atoms with Crippen molar-refractivity contribution in [3.63, 3.8) is 0 Å². The molecule has 3 aromatic rings. The monoisotopic (exact) mass is 391 g/mol. The zero-order chi connectivity index (χ0) is 20.5.